The lowest BCUT2D eigenvalue weighted by atomic mass is 9.75. The summed E-state index contributed by atoms with van der Waals surface area (Å²) >= 11 is 0. The third-order valence-electron chi connectivity index (χ3n) is 6.25. The Morgan fingerprint density at radius 3 is 1.94 bits per heavy atom. The summed E-state index contributed by atoms with van der Waals surface area (Å²) in [6, 6.07) is 32.4. The number of hydrogen-bond acceptors (Lipinski definition) is 3. The van der Waals surface area contributed by atoms with Gasteiger partial charge in [-0.2, -0.15) is 0 Å². The van der Waals surface area contributed by atoms with Gasteiger partial charge in [-0.05, 0) is 34.4 Å². The van der Waals surface area contributed by atoms with Crippen LogP contribution in [0.3, 0.4) is 0 Å². The number of ether oxygens (including phenoxy) is 1. The largest absolute Gasteiger partial charge is 0.467 e. The summed E-state index contributed by atoms with van der Waals surface area (Å²) in [5.41, 5.74) is 1.70. The SMILES string of the molecule is COC(=O)[C@H](Cc1cccc2ccccc12)NC(=O)C(C)(c1ccccc1)c1ccccc1. The van der Waals surface area contributed by atoms with E-state index in [2.05, 4.69) is 5.32 Å². The van der Waals surface area contributed by atoms with Gasteiger partial charge in [0.15, 0.2) is 0 Å². The molecule has 0 aliphatic rings. The van der Waals surface area contributed by atoms with Crippen molar-refractivity contribution in [2.75, 3.05) is 7.11 Å². The highest BCUT2D eigenvalue weighted by Gasteiger charge is 2.39. The van der Waals surface area contributed by atoms with Crippen molar-refractivity contribution < 1.29 is 14.3 Å². The summed E-state index contributed by atoms with van der Waals surface area (Å²) in [5.74, 6) is -0.727. The Balaban J connectivity index is 1.70. The predicted octanol–water partition coefficient (Wildman–Crippen LogP) is 5.05. The quantitative estimate of drug-likeness (QED) is 0.412. The van der Waals surface area contributed by atoms with Crippen LogP contribution in [0.5, 0.6) is 0 Å². The fourth-order valence-electron chi connectivity index (χ4n) is 4.30. The molecule has 4 aromatic rings. The van der Waals surface area contributed by atoms with Gasteiger partial charge >= 0.3 is 5.97 Å². The molecule has 4 nitrogen and oxygen atoms in total. The van der Waals surface area contributed by atoms with E-state index < -0.39 is 17.4 Å². The van der Waals surface area contributed by atoms with E-state index in [1.54, 1.807) is 0 Å². The first-order valence-corrected chi connectivity index (χ1v) is 11.0. The molecule has 0 aliphatic carbocycles. The number of nitrogens with one attached hydrogen (secondary N) is 1. The smallest absolute Gasteiger partial charge is 0.328 e. The van der Waals surface area contributed by atoms with Gasteiger partial charge in [-0.15, -0.1) is 0 Å². The van der Waals surface area contributed by atoms with Crippen molar-refractivity contribution in [1.82, 2.24) is 5.32 Å². The Kier molecular flexibility index (Phi) is 6.55. The average molecular weight is 438 g/mol. The molecule has 4 aromatic carbocycles. The molecule has 0 saturated heterocycles. The molecule has 4 rings (SSSR count). The molecule has 0 unspecified atom stereocenters. The lowest BCUT2D eigenvalue weighted by Gasteiger charge is -2.31. The molecular formula is C29H27NO3. The highest BCUT2D eigenvalue weighted by Crippen LogP contribution is 2.32. The second-order valence-corrected chi connectivity index (χ2v) is 8.25. The maximum atomic E-state index is 13.8. The Morgan fingerprint density at radius 1 is 0.788 bits per heavy atom. The Hall–Kier alpha value is -3.92. The fraction of sp³-hybridized carbons (Fsp3) is 0.172. The minimum Gasteiger partial charge on any atom is -0.467 e. The van der Waals surface area contributed by atoms with Gasteiger partial charge in [-0.1, -0.05) is 103 Å². The van der Waals surface area contributed by atoms with Crippen LogP contribution in [0.4, 0.5) is 0 Å². The van der Waals surface area contributed by atoms with E-state index in [1.807, 2.05) is 110 Å². The number of carbonyl (C=O) groups is 2. The van der Waals surface area contributed by atoms with E-state index in [0.717, 1.165) is 27.5 Å². The third-order valence-corrected chi connectivity index (χ3v) is 6.25. The number of rotatable bonds is 7. The maximum absolute atomic E-state index is 13.8. The molecule has 1 atom stereocenters. The van der Waals surface area contributed by atoms with Gasteiger partial charge in [0.1, 0.15) is 6.04 Å². The fourth-order valence-corrected chi connectivity index (χ4v) is 4.30. The maximum Gasteiger partial charge on any atom is 0.328 e. The predicted molar refractivity (Wildman–Crippen MR) is 131 cm³/mol. The van der Waals surface area contributed by atoms with Crippen molar-refractivity contribution in [3.63, 3.8) is 0 Å². The minimum atomic E-state index is -0.979. The van der Waals surface area contributed by atoms with Crippen molar-refractivity contribution in [3.8, 4) is 0 Å². The molecule has 0 spiro atoms. The van der Waals surface area contributed by atoms with Crippen LogP contribution in [0.25, 0.3) is 10.8 Å². The summed E-state index contributed by atoms with van der Waals surface area (Å²) in [6.07, 6.45) is 0.333. The molecule has 0 radical (unpaired) electrons. The number of hydrogen-bond donors (Lipinski definition) is 1. The van der Waals surface area contributed by atoms with Crippen molar-refractivity contribution in [1.29, 1.82) is 0 Å². The van der Waals surface area contributed by atoms with E-state index in [1.165, 1.54) is 7.11 Å². The van der Waals surface area contributed by atoms with Crippen LogP contribution in [0.2, 0.25) is 0 Å². The molecule has 0 saturated carbocycles. The highest BCUT2D eigenvalue weighted by molar-refractivity contribution is 5.95. The topological polar surface area (TPSA) is 55.4 Å². The minimum absolute atomic E-state index is 0.254. The van der Waals surface area contributed by atoms with Crippen LogP contribution >= 0.6 is 0 Å². The summed E-state index contributed by atoms with van der Waals surface area (Å²) in [6.45, 7) is 1.89. The van der Waals surface area contributed by atoms with Gasteiger partial charge in [0.2, 0.25) is 5.91 Å². The second kappa shape index (κ2) is 9.70. The van der Waals surface area contributed by atoms with Crippen LogP contribution in [-0.4, -0.2) is 25.0 Å². The first-order valence-electron chi connectivity index (χ1n) is 11.0. The first-order chi connectivity index (χ1) is 16.0. The molecular weight excluding hydrogens is 410 g/mol. The zero-order valence-corrected chi connectivity index (χ0v) is 18.8. The summed E-state index contributed by atoms with van der Waals surface area (Å²) in [7, 11) is 1.35. The molecule has 0 bridgehead atoms. The average Bonchev–Trinajstić information content (AvgIpc) is 2.88. The zero-order valence-electron chi connectivity index (χ0n) is 18.8. The number of benzene rings is 4. The molecule has 1 amide bonds. The number of amides is 1. The van der Waals surface area contributed by atoms with Crippen molar-refractivity contribution in [3.05, 3.63) is 120 Å². The zero-order chi connectivity index (χ0) is 23.3. The normalized spacial score (nSPS) is 12.2. The van der Waals surface area contributed by atoms with Gasteiger partial charge in [0, 0.05) is 6.42 Å². The molecule has 33 heavy (non-hydrogen) atoms. The van der Waals surface area contributed by atoms with Crippen molar-refractivity contribution in [2.45, 2.75) is 24.8 Å². The molecule has 0 aromatic heterocycles. The number of fused-ring (bicyclic) bond motifs is 1. The van der Waals surface area contributed by atoms with E-state index >= 15 is 0 Å². The van der Waals surface area contributed by atoms with E-state index in [4.69, 9.17) is 4.74 Å². The van der Waals surface area contributed by atoms with Gasteiger partial charge in [-0.25, -0.2) is 4.79 Å². The van der Waals surface area contributed by atoms with E-state index in [-0.39, 0.29) is 5.91 Å². The molecule has 4 heteroatoms. The first kappa shape index (κ1) is 22.3. The monoisotopic (exact) mass is 437 g/mol. The van der Waals surface area contributed by atoms with Gasteiger partial charge < -0.3 is 10.1 Å². The Labute approximate surface area is 194 Å². The number of methoxy groups -OCH3 is 1. The van der Waals surface area contributed by atoms with E-state index in [9.17, 15) is 9.59 Å². The molecule has 0 fully saturated rings. The van der Waals surface area contributed by atoms with Crippen molar-refractivity contribution >= 4 is 22.6 Å². The molecule has 166 valence electrons. The summed E-state index contributed by atoms with van der Waals surface area (Å²) in [4.78, 5) is 26.6. The lowest BCUT2D eigenvalue weighted by Crippen LogP contribution is -2.51. The number of esters is 1. The molecule has 0 aliphatic heterocycles. The summed E-state index contributed by atoms with van der Waals surface area (Å²) in [5, 5.41) is 5.14. The highest BCUT2D eigenvalue weighted by atomic mass is 16.5. The molecule has 1 N–H and O–H groups in total. The Bertz CT molecular complexity index is 1210. The standard InChI is InChI=1S/C29H27NO3/c1-29(23-15-5-3-6-16-23,24-17-7-4-8-18-24)28(32)30-26(27(31)33-2)20-22-14-11-13-21-12-9-10-19-25(21)22/h3-19,26H,20H2,1-2H3,(H,30,32)/t26-/m0/s1. The van der Waals surface area contributed by atoms with Crippen LogP contribution in [-0.2, 0) is 26.2 Å². The van der Waals surface area contributed by atoms with E-state index in [0.29, 0.717) is 6.42 Å². The molecule has 0 heterocycles. The van der Waals surface area contributed by atoms with Gasteiger partial charge in [0.05, 0.1) is 12.5 Å². The Morgan fingerprint density at radius 2 is 1.33 bits per heavy atom. The number of carbonyl (C=O) groups excluding carboxylic acids is 2. The lowest BCUT2D eigenvalue weighted by molar-refractivity contribution is -0.145. The van der Waals surface area contributed by atoms with Crippen molar-refractivity contribution in [2.24, 2.45) is 0 Å². The van der Waals surface area contributed by atoms with Crippen LogP contribution in [0.1, 0.15) is 23.6 Å². The second-order valence-electron chi connectivity index (χ2n) is 8.25. The van der Waals surface area contributed by atoms with Gasteiger partial charge in [0.25, 0.3) is 0 Å². The summed E-state index contributed by atoms with van der Waals surface area (Å²) < 4.78 is 5.07. The van der Waals surface area contributed by atoms with Crippen LogP contribution in [0.15, 0.2) is 103 Å². The van der Waals surface area contributed by atoms with Gasteiger partial charge in [-0.3, -0.25) is 4.79 Å². The van der Waals surface area contributed by atoms with Crippen LogP contribution < -0.4 is 5.32 Å². The van der Waals surface area contributed by atoms with Crippen LogP contribution in [0, 0.1) is 0 Å². The third kappa shape index (κ3) is 4.51.